The van der Waals surface area contributed by atoms with E-state index in [4.69, 9.17) is 4.74 Å². The molecule has 1 aliphatic carbocycles. The molecule has 0 N–H and O–H groups in total. The Morgan fingerprint density at radius 1 is 1.17 bits per heavy atom. The summed E-state index contributed by atoms with van der Waals surface area (Å²) in [4.78, 5) is 36.0. The first-order chi connectivity index (χ1) is 10.8. The summed E-state index contributed by atoms with van der Waals surface area (Å²) in [6, 6.07) is 0. The summed E-state index contributed by atoms with van der Waals surface area (Å²) in [5.41, 5.74) is 1.56. The highest BCUT2D eigenvalue weighted by atomic mass is 16.5. The zero-order valence-electron chi connectivity index (χ0n) is 14.7. The number of Topliss-reactive ketones (excluding diaryl/α,β-unsaturated/α-hetero) is 2. The third-order valence-corrected chi connectivity index (χ3v) is 4.40. The Morgan fingerprint density at radius 2 is 1.87 bits per heavy atom. The molecule has 0 saturated heterocycles. The Balaban J connectivity index is 2.84. The van der Waals surface area contributed by atoms with Gasteiger partial charge in [-0.2, -0.15) is 0 Å². The molecule has 0 heterocycles. The number of ketones is 2. The van der Waals surface area contributed by atoms with Crippen molar-refractivity contribution in [3.63, 3.8) is 0 Å². The molecule has 0 aliphatic heterocycles. The normalized spacial score (nSPS) is 22.0. The molecule has 1 fully saturated rings. The third kappa shape index (κ3) is 6.12. The van der Waals surface area contributed by atoms with Gasteiger partial charge in [-0.1, -0.05) is 23.3 Å². The van der Waals surface area contributed by atoms with Crippen LogP contribution in [0.4, 0.5) is 0 Å². The van der Waals surface area contributed by atoms with E-state index < -0.39 is 11.4 Å². The molecule has 1 unspecified atom stereocenters. The predicted molar refractivity (Wildman–Crippen MR) is 90.0 cm³/mol. The molecule has 1 atom stereocenters. The van der Waals surface area contributed by atoms with Crippen LogP contribution in [0.2, 0.25) is 0 Å². The number of allylic oxidation sites excluding steroid dienone is 4. The number of carbonyl (C=O) groups excluding carboxylic acids is 3. The van der Waals surface area contributed by atoms with Gasteiger partial charge >= 0.3 is 5.97 Å². The molecule has 128 valence electrons. The molecule has 0 aromatic carbocycles. The zero-order valence-corrected chi connectivity index (χ0v) is 14.7. The van der Waals surface area contributed by atoms with Crippen molar-refractivity contribution in [2.75, 3.05) is 7.11 Å². The van der Waals surface area contributed by atoms with E-state index in [0.717, 1.165) is 12.8 Å². The number of hydrogen-bond donors (Lipinski definition) is 0. The highest BCUT2D eigenvalue weighted by Crippen LogP contribution is 2.39. The summed E-state index contributed by atoms with van der Waals surface area (Å²) in [5.74, 6) is -0.358. The number of methoxy groups -OCH3 is 1. The fourth-order valence-corrected chi connectivity index (χ4v) is 2.91. The van der Waals surface area contributed by atoms with Crippen LogP contribution in [0.1, 0.15) is 65.7 Å². The molecule has 0 bridgehead atoms. The van der Waals surface area contributed by atoms with Crippen molar-refractivity contribution in [1.82, 2.24) is 0 Å². The molecule has 0 aromatic rings. The van der Waals surface area contributed by atoms with Crippen molar-refractivity contribution in [2.45, 2.75) is 65.7 Å². The molecule has 23 heavy (non-hydrogen) atoms. The van der Waals surface area contributed by atoms with Gasteiger partial charge in [0.25, 0.3) is 0 Å². The SMILES string of the molecule is COC(=O)CC1(CC=C(C)CCC=C(C)C)CC(=O)CCC1=O. The number of rotatable bonds is 7. The molecule has 0 radical (unpaired) electrons. The molecule has 4 nitrogen and oxygen atoms in total. The van der Waals surface area contributed by atoms with Crippen LogP contribution in [0.3, 0.4) is 0 Å². The lowest BCUT2D eigenvalue weighted by atomic mass is 9.68. The maximum atomic E-state index is 12.4. The van der Waals surface area contributed by atoms with Crippen molar-refractivity contribution in [3.05, 3.63) is 23.3 Å². The van der Waals surface area contributed by atoms with Crippen molar-refractivity contribution >= 4 is 17.5 Å². The van der Waals surface area contributed by atoms with Crippen molar-refractivity contribution in [1.29, 1.82) is 0 Å². The number of hydrogen-bond acceptors (Lipinski definition) is 4. The second kappa shape index (κ2) is 8.80. The smallest absolute Gasteiger partial charge is 0.306 e. The van der Waals surface area contributed by atoms with Crippen molar-refractivity contribution in [2.24, 2.45) is 5.41 Å². The summed E-state index contributed by atoms with van der Waals surface area (Å²) < 4.78 is 4.73. The Bertz CT molecular complexity index is 523. The van der Waals surface area contributed by atoms with Gasteiger partial charge in [-0.25, -0.2) is 0 Å². The lowest BCUT2D eigenvalue weighted by Gasteiger charge is -2.33. The largest absolute Gasteiger partial charge is 0.469 e. The second-order valence-electron chi connectivity index (χ2n) is 6.75. The van der Waals surface area contributed by atoms with Gasteiger partial charge in [-0.15, -0.1) is 0 Å². The summed E-state index contributed by atoms with van der Waals surface area (Å²) in [6.07, 6.45) is 7.18. The lowest BCUT2D eigenvalue weighted by molar-refractivity contribution is -0.150. The first-order valence-electron chi connectivity index (χ1n) is 8.20. The molecule has 0 aromatic heterocycles. The maximum absolute atomic E-state index is 12.4. The van der Waals surface area contributed by atoms with E-state index in [9.17, 15) is 14.4 Å². The molecule has 4 heteroatoms. The van der Waals surface area contributed by atoms with E-state index in [1.54, 1.807) is 0 Å². The van der Waals surface area contributed by atoms with Gasteiger partial charge in [0.15, 0.2) is 0 Å². The molecule has 1 aliphatic rings. The molecular weight excluding hydrogens is 292 g/mol. The van der Waals surface area contributed by atoms with Gasteiger partial charge in [0, 0.05) is 24.7 Å². The average molecular weight is 320 g/mol. The summed E-state index contributed by atoms with van der Waals surface area (Å²) >= 11 is 0. The van der Waals surface area contributed by atoms with Gasteiger partial charge in [-0.05, 0) is 40.0 Å². The van der Waals surface area contributed by atoms with Crippen LogP contribution in [0.25, 0.3) is 0 Å². The first-order valence-corrected chi connectivity index (χ1v) is 8.20. The topological polar surface area (TPSA) is 60.4 Å². The summed E-state index contributed by atoms with van der Waals surface area (Å²) in [6.45, 7) is 6.16. The van der Waals surface area contributed by atoms with E-state index in [-0.39, 0.29) is 30.8 Å². The molecule has 0 amide bonds. The Hall–Kier alpha value is -1.71. The van der Waals surface area contributed by atoms with E-state index in [1.807, 2.05) is 13.0 Å². The number of esters is 1. The maximum Gasteiger partial charge on any atom is 0.306 e. The number of ether oxygens (including phenoxy) is 1. The Kier molecular flexibility index (Phi) is 7.40. The van der Waals surface area contributed by atoms with Crippen molar-refractivity contribution < 1.29 is 19.1 Å². The van der Waals surface area contributed by atoms with Crippen LogP contribution < -0.4 is 0 Å². The fraction of sp³-hybridized carbons (Fsp3) is 0.632. The average Bonchev–Trinajstić information content (AvgIpc) is 2.48. The van der Waals surface area contributed by atoms with E-state index in [0.29, 0.717) is 12.8 Å². The lowest BCUT2D eigenvalue weighted by Crippen LogP contribution is -2.39. The van der Waals surface area contributed by atoms with Gasteiger partial charge in [0.2, 0.25) is 0 Å². The van der Waals surface area contributed by atoms with Crippen LogP contribution in [0.15, 0.2) is 23.3 Å². The highest BCUT2D eigenvalue weighted by molar-refractivity contribution is 5.99. The minimum absolute atomic E-state index is 0.00811. The summed E-state index contributed by atoms with van der Waals surface area (Å²) in [7, 11) is 1.31. The number of carbonyl (C=O) groups is 3. The van der Waals surface area contributed by atoms with Gasteiger partial charge < -0.3 is 4.74 Å². The van der Waals surface area contributed by atoms with E-state index in [2.05, 4.69) is 19.9 Å². The Morgan fingerprint density at radius 3 is 2.48 bits per heavy atom. The van der Waals surface area contributed by atoms with Crippen molar-refractivity contribution in [3.8, 4) is 0 Å². The molecule has 0 spiro atoms. The third-order valence-electron chi connectivity index (χ3n) is 4.40. The van der Waals surface area contributed by atoms with Gasteiger partial charge in [0.05, 0.1) is 13.5 Å². The summed E-state index contributed by atoms with van der Waals surface area (Å²) in [5, 5.41) is 0. The van der Waals surface area contributed by atoms with E-state index in [1.165, 1.54) is 18.3 Å². The molecule has 1 rings (SSSR count). The second-order valence-corrected chi connectivity index (χ2v) is 6.75. The van der Waals surface area contributed by atoms with E-state index >= 15 is 0 Å². The standard InChI is InChI=1S/C19H28O4/c1-14(2)6-5-7-15(3)10-11-19(13-18(22)23-4)12-16(20)8-9-17(19)21/h6,10H,5,7-9,11-13H2,1-4H3. The first kappa shape index (κ1) is 19.3. The van der Waals surface area contributed by atoms with Crippen LogP contribution in [-0.4, -0.2) is 24.6 Å². The molecular formula is C19H28O4. The monoisotopic (exact) mass is 320 g/mol. The van der Waals surface area contributed by atoms with Crippen LogP contribution in [0.5, 0.6) is 0 Å². The van der Waals surface area contributed by atoms with Crippen LogP contribution in [-0.2, 0) is 19.1 Å². The van der Waals surface area contributed by atoms with Crippen LogP contribution in [0, 0.1) is 5.41 Å². The van der Waals surface area contributed by atoms with Crippen LogP contribution >= 0.6 is 0 Å². The highest BCUT2D eigenvalue weighted by Gasteiger charge is 2.44. The minimum atomic E-state index is -0.903. The fourth-order valence-electron chi connectivity index (χ4n) is 2.91. The predicted octanol–water partition coefficient (Wildman–Crippen LogP) is 3.94. The minimum Gasteiger partial charge on any atom is -0.469 e. The van der Waals surface area contributed by atoms with Gasteiger partial charge in [0.1, 0.15) is 11.6 Å². The quantitative estimate of drug-likeness (QED) is 0.526. The van der Waals surface area contributed by atoms with Gasteiger partial charge in [-0.3, -0.25) is 14.4 Å². The molecule has 1 saturated carbocycles. The zero-order chi connectivity index (χ0) is 17.5. The Labute approximate surface area is 139 Å².